The summed E-state index contributed by atoms with van der Waals surface area (Å²) in [6.45, 7) is 7.19. The third kappa shape index (κ3) is 2.97. The summed E-state index contributed by atoms with van der Waals surface area (Å²) < 4.78 is 0. The van der Waals surface area contributed by atoms with Crippen LogP contribution in [0.5, 0.6) is 0 Å². The van der Waals surface area contributed by atoms with Crippen LogP contribution in [0.1, 0.15) is 10.4 Å². The van der Waals surface area contributed by atoms with Crippen LogP contribution in [0, 0.1) is 0 Å². The molecule has 1 rings (SSSR count). The predicted octanol–water partition coefficient (Wildman–Crippen LogP) is 3.89. The van der Waals surface area contributed by atoms with Gasteiger partial charge in [0.2, 0.25) is 0 Å². The second kappa shape index (κ2) is 6.13. The third-order valence-corrected chi connectivity index (χ3v) is 2.88. The maximum Gasteiger partial charge on any atom is 0.192 e. The first-order chi connectivity index (χ1) is 7.72. The number of allylic oxidation sites excluding steroid dienone is 4. The van der Waals surface area contributed by atoms with Crippen LogP contribution in [0.2, 0.25) is 0 Å². The quantitative estimate of drug-likeness (QED) is 0.330. The molecule has 0 aliphatic heterocycles. The van der Waals surface area contributed by atoms with Gasteiger partial charge in [0, 0.05) is 16.0 Å². The van der Waals surface area contributed by atoms with Gasteiger partial charge in [-0.25, -0.2) is 0 Å². The SMILES string of the molecule is C=C/C=C(\C=C)C(=O)c1ccc(SC)cc1. The van der Waals surface area contributed by atoms with E-state index in [2.05, 4.69) is 13.2 Å². The van der Waals surface area contributed by atoms with Gasteiger partial charge in [0.05, 0.1) is 0 Å². The van der Waals surface area contributed by atoms with Gasteiger partial charge in [0.15, 0.2) is 5.78 Å². The highest BCUT2D eigenvalue weighted by Crippen LogP contribution is 2.17. The van der Waals surface area contributed by atoms with Crippen molar-refractivity contribution in [3.05, 3.63) is 66.8 Å². The number of thioether (sulfide) groups is 1. The number of benzene rings is 1. The maximum atomic E-state index is 12.0. The predicted molar refractivity (Wildman–Crippen MR) is 71.0 cm³/mol. The molecule has 0 N–H and O–H groups in total. The zero-order valence-electron chi connectivity index (χ0n) is 9.27. The molecule has 0 aliphatic rings. The second-order valence-electron chi connectivity index (χ2n) is 3.12. The summed E-state index contributed by atoms with van der Waals surface area (Å²) >= 11 is 1.65. The Hall–Kier alpha value is -1.54. The van der Waals surface area contributed by atoms with E-state index < -0.39 is 0 Å². The van der Waals surface area contributed by atoms with E-state index in [1.165, 1.54) is 0 Å². The van der Waals surface area contributed by atoms with E-state index in [4.69, 9.17) is 0 Å². The number of ketones is 1. The minimum atomic E-state index is -0.0254. The van der Waals surface area contributed by atoms with Crippen LogP contribution in [-0.4, -0.2) is 12.0 Å². The van der Waals surface area contributed by atoms with Gasteiger partial charge in [-0.1, -0.05) is 31.4 Å². The number of carbonyl (C=O) groups is 1. The highest BCUT2D eigenvalue weighted by molar-refractivity contribution is 7.98. The molecule has 0 atom stereocenters. The molecule has 0 radical (unpaired) electrons. The minimum absolute atomic E-state index is 0.0254. The minimum Gasteiger partial charge on any atom is -0.289 e. The zero-order valence-corrected chi connectivity index (χ0v) is 10.1. The molecular weight excluding hydrogens is 216 g/mol. The fraction of sp³-hybridized carbons (Fsp3) is 0.0714. The molecule has 0 heterocycles. The van der Waals surface area contributed by atoms with Gasteiger partial charge in [0.25, 0.3) is 0 Å². The van der Waals surface area contributed by atoms with Crippen molar-refractivity contribution in [1.29, 1.82) is 0 Å². The number of carbonyl (C=O) groups excluding carboxylic acids is 1. The summed E-state index contributed by atoms with van der Waals surface area (Å²) in [4.78, 5) is 13.1. The van der Waals surface area contributed by atoms with Crippen molar-refractivity contribution in [2.24, 2.45) is 0 Å². The van der Waals surface area contributed by atoms with Crippen LogP contribution in [0.15, 0.2) is 66.1 Å². The highest BCUT2D eigenvalue weighted by atomic mass is 32.2. The van der Waals surface area contributed by atoms with E-state index >= 15 is 0 Å². The average molecular weight is 230 g/mol. The lowest BCUT2D eigenvalue weighted by Gasteiger charge is -2.02. The molecule has 1 aromatic rings. The fourth-order valence-electron chi connectivity index (χ4n) is 1.27. The Balaban J connectivity index is 2.99. The smallest absolute Gasteiger partial charge is 0.192 e. The molecule has 0 fully saturated rings. The summed E-state index contributed by atoms with van der Waals surface area (Å²) in [7, 11) is 0. The molecule has 0 saturated heterocycles. The topological polar surface area (TPSA) is 17.1 Å². The molecule has 2 heteroatoms. The lowest BCUT2D eigenvalue weighted by atomic mass is 10.0. The lowest BCUT2D eigenvalue weighted by Crippen LogP contribution is -2.00. The third-order valence-electron chi connectivity index (χ3n) is 2.13. The molecule has 16 heavy (non-hydrogen) atoms. The summed E-state index contributed by atoms with van der Waals surface area (Å²) in [5.74, 6) is -0.0254. The Labute approximate surface area is 101 Å². The van der Waals surface area contributed by atoms with E-state index in [9.17, 15) is 4.79 Å². The lowest BCUT2D eigenvalue weighted by molar-refractivity contribution is 0.103. The van der Waals surface area contributed by atoms with E-state index in [0.717, 1.165) is 4.90 Å². The van der Waals surface area contributed by atoms with E-state index in [0.29, 0.717) is 11.1 Å². The van der Waals surface area contributed by atoms with E-state index in [-0.39, 0.29) is 5.78 Å². The highest BCUT2D eigenvalue weighted by Gasteiger charge is 2.08. The van der Waals surface area contributed by atoms with Crippen LogP contribution in [0.4, 0.5) is 0 Å². The number of hydrogen-bond acceptors (Lipinski definition) is 2. The molecule has 0 unspecified atom stereocenters. The second-order valence-corrected chi connectivity index (χ2v) is 4.00. The van der Waals surface area contributed by atoms with Crippen LogP contribution >= 0.6 is 11.8 Å². The van der Waals surface area contributed by atoms with Gasteiger partial charge in [-0.15, -0.1) is 11.8 Å². The van der Waals surface area contributed by atoms with Crippen molar-refractivity contribution in [2.75, 3.05) is 6.26 Å². The molecule has 0 aromatic heterocycles. The van der Waals surface area contributed by atoms with Crippen molar-refractivity contribution in [3.63, 3.8) is 0 Å². The molecule has 1 nitrogen and oxygen atoms in total. The van der Waals surface area contributed by atoms with Gasteiger partial charge in [-0.05, 0) is 30.5 Å². The van der Waals surface area contributed by atoms with Crippen molar-refractivity contribution in [2.45, 2.75) is 4.90 Å². The molecule has 0 aliphatic carbocycles. The van der Waals surface area contributed by atoms with Crippen molar-refractivity contribution in [1.82, 2.24) is 0 Å². The number of hydrogen-bond donors (Lipinski definition) is 0. The summed E-state index contributed by atoms with van der Waals surface area (Å²) in [5, 5.41) is 0. The zero-order chi connectivity index (χ0) is 12.0. The van der Waals surface area contributed by atoms with Crippen molar-refractivity contribution >= 4 is 17.5 Å². The van der Waals surface area contributed by atoms with Gasteiger partial charge < -0.3 is 0 Å². The standard InChI is InChI=1S/C14H14OS/c1-4-6-11(5-2)14(15)12-7-9-13(16-3)10-8-12/h4-10H,1-2H2,3H3/b11-6+. The summed E-state index contributed by atoms with van der Waals surface area (Å²) in [5.41, 5.74) is 1.23. The Morgan fingerprint density at radius 1 is 1.25 bits per heavy atom. The first-order valence-electron chi connectivity index (χ1n) is 4.87. The first kappa shape index (κ1) is 12.5. The Kier molecular flexibility index (Phi) is 4.80. The van der Waals surface area contributed by atoms with E-state index in [1.54, 1.807) is 30.0 Å². The molecule has 1 aromatic carbocycles. The largest absolute Gasteiger partial charge is 0.289 e. The van der Waals surface area contributed by atoms with Crippen molar-refractivity contribution in [3.8, 4) is 0 Å². The summed E-state index contributed by atoms with van der Waals surface area (Å²) in [6.07, 6.45) is 6.80. The van der Waals surface area contributed by atoms with Gasteiger partial charge >= 0.3 is 0 Å². The summed E-state index contributed by atoms with van der Waals surface area (Å²) in [6, 6.07) is 7.53. The van der Waals surface area contributed by atoms with E-state index in [1.807, 2.05) is 30.5 Å². The average Bonchev–Trinajstić information content (AvgIpc) is 2.35. The maximum absolute atomic E-state index is 12.0. The molecule has 0 spiro atoms. The molecule has 0 bridgehead atoms. The monoisotopic (exact) mass is 230 g/mol. The normalized spacial score (nSPS) is 10.9. The molecule has 0 saturated carbocycles. The Morgan fingerprint density at radius 2 is 1.88 bits per heavy atom. The van der Waals surface area contributed by atoms with Gasteiger partial charge in [-0.3, -0.25) is 4.79 Å². The van der Waals surface area contributed by atoms with Gasteiger partial charge in [0.1, 0.15) is 0 Å². The molecule has 82 valence electrons. The number of rotatable bonds is 5. The fourth-order valence-corrected chi connectivity index (χ4v) is 1.68. The van der Waals surface area contributed by atoms with Crippen molar-refractivity contribution < 1.29 is 4.79 Å². The van der Waals surface area contributed by atoms with Crippen LogP contribution in [0.25, 0.3) is 0 Å². The first-order valence-corrected chi connectivity index (χ1v) is 6.09. The molecular formula is C14H14OS. The van der Waals surface area contributed by atoms with Crippen LogP contribution in [-0.2, 0) is 0 Å². The number of Topliss-reactive ketones (excluding diaryl/α,β-unsaturated/α-hetero) is 1. The molecule has 0 amide bonds. The Morgan fingerprint density at radius 3 is 2.31 bits per heavy atom. The van der Waals surface area contributed by atoms with Crippen LogP contribution in [0.3, 0.4) is 0 Å². The van der Waals surface area contributed by atoms with Crippen LogP contribution < -0.4 is 0 Å². The Bertz CT molecular complexity index is 427. The van der Waals surface area contributed by atoms with Gasteiger partial charge in [-0.2, -0.15) is 0 Å².